The van der Waals surface area contributed by atoms with Crippen molar-refractivity contribution in [2.45, 2.75) is 24.8 Å². The summed E-state index contributed by atoms with van der Waals surface area (Å²) in [6, 6.07) is 13.9. The first-order chi connectivity index (χ1) is 14.1. The minimum atomic E-state index is -3.79. The molecule has 3 rings (SSSR count). The average molecular weight is 463 g/mol. The molecule has 0 spiro atoms. The SMILES string of the molecule is CCC(=O)c1sc(-c2ccc(Cl)cc2)c(CN(C)C)c1-c1ccc(S(N)(=O)=O)cc1. The van der Waals surface area contributed by atoms with Gasteiger partial charge in [0.05, 0.1) is 9.77 Å². The third kappa shape index (κ3) is 4.82. The minimum absolute atomic E-state index is 0.0388. The van der Waals surface area contributed by atoms with Gasteiger partial charge in [-0.05, 0) is 55.1 Å². The quantitative estimate of drug-likeness (QED) is 0.499. The highest BCUT2D eigenvalue weighted by molar-refractivity contribution is 7.89. The monoisotopic (exact) mass is 462 g/mol. The zero-order chi connectivity index (χ0) is 22.1. The van der Waals surface area contributed by atoms with Gasteiger partial charge in [0.2, 0.25) is 10.0 Å². The van der Waals surface area contributed by atoms with Gasteiger partial charge in [-0.2, -0.15) is 0 Å². The molecule has 8 heteroatoms. The molecule has 0 bridgehead atoms. The van der Waals surface area contributed by atoms with Crippen molar-refractivity contribution in [1.82, 2.24) is 4.90 Å². The van der Waals surface area contributed by atoms with Crippen LogP contribution in [0.4, 0.5) is 0 Å². The van der Waals surface area contributed by atoms with E-state index in [1.54, 1.807) is 12.1 Å². The number of halogens is 1. The Kier molecular flexibility index (Phi) is 6.79. The highest BCUT2D eigenvalue weighted by Gasteiger charge is 2.24. The fraction of sp³-hybridized carbons (Fsp3) is 0.227. The summed E-state index contributed by atoms with van der Waals surface area (Å²) in [4.78, 5) is 16.6. The smallest absolute Gasteiger partial charge is 0.238 e. The Balaban J connectivity index is 2.28. The van der Waals surface area contributed by atoms with Crippen LogP contribution in [0, 0.1) is 0 Å². The Morgan fingerprint density at radius 3 is 2.10 bits per heavy atom. The fourth-order valence-electron chi connectivity index (χ4n) is 3.24. The van der Waals surface area contributed by atoms with Crippen LogP contribution < -0.4 is 5.14 Å². The Hall–Kier alpha value is -2.03. The molecule has 0 radical (unpaired) electrons. The first kappa shape index (κ1) is 22.7. The average Bonchev–Trinajstić information content (AvgIpc) is 3.06. The van der Waals surface area contributed by atoms with Crippen LogP contribution in [0.25, 0.3) is 21.6 Å². The zero-order valence-corrected chi connectivity index (χ0v) is 19.4. The number of primary sulfonamides is 1. The minimum Gasteiger partial charge on any atom is -0.305 e. The van der Waals surface area contributed by atoms with Crippen LogP contribution in [-0.4, -0.2) is 33.2 Å². The molecule has 0 fully saturated rings. The molecule has 0 saturated carbocycles. The summed E-state index contributed by atoms with van der Waals surface area (Å²) in [6.45, 7) is 2.46. The number of carbonyl (C=O) groups excluding carboxylic acids is 1. The number of hydrogen-bond acceptors (Lipinski definition) is 5. The molecule has 158 valence electrons. The van der Waals surface area contributed by atoms with E-state index in [0.29, 0.717) is 22.9 Å². The summed E-state index contributed by atoms with van der Waals surface area (Å²) in [5, 5.41) is 5.88. The first-order valence-electron chi connectivity index (χ1n) is 9.34. The Bertz CT molecular complexity index is 1170. The number of ketones is 1. The number of sulfonamides is 1. The molecule has 0 aliphatic heterocycles. The molecule has 1 heterocycles. The van der Waals surface area contributed by atoms with Crippen molar-refractivity contribution in [3.8, 4) is 21.6 Å². The van der Waals surface area contributed by atoms with Crippen LogP contribution >= 0.6 is 22.9 Å². The standard InChI is InChI=1S/C22H23ClN2O3S2/c1-4-19(26)22-20(14-7-11-17(12-8-14)30(24,27)28)18(13-25(2)3)21(29-22)15-5-9-16(23)10-6-15/h5-12H,4,13H2,1-3H3,(H2,24,27,28). The predicted molar refractivity (Wildman–Crippen MR) is 124 cm³/mol. The molecule has 2 aromatic carbocycles. The van der Waals surface area contributed by atoms with Gasteiger partial charge in [-0.1, -0.05) is 42.8 Å². The first-order valence-corrected chi connectivity index (χ1v) is 12.1. The lowest BCUT2D eigenvalue weighted by atomic mass is 9.96. The number of carbonyl (C=O) groups is 1. The van der Waals surface area contributed by atoms with Crippen LogP contribution in [0.2, 0.25) is 5.02 Å². The summed E-state index contributed by atoms with van der Waals surface area (Å²) in [5.74, 6) is 0.0470. The normalized spacial score (nSPS) is 11.8. The van der Waals surface area contributed by atoms with E-state index in [9.17, 15) is 13.2 Å². The van der Waals surface area contributed by atoms with E-state index < -0.39 is 10.0 Å². The number of rotatable bonds is 7. The lowest BCUT2D eigenvalue weighted by Crippen LogP contribution is -2.12. The molecule has 2 N–H and O–H groups in total. The maximum Gasteiger partial charge on any atom is 0.238 e. The van der Waals surface area contributed by atoms with Crippen molar-refractivity contribution in [2.24, 2.45) is 5.14 Å². The summed E-state index contributed by atoms with van der Waals surface area (Å²) >= 11 is 7.52. The topological polar surface area (TPSA) is 80.5 Å². The van der Waals surface area contributed by atoms with Crippen molar-refractivity contribution >= 4 is 38.7 Å². The van der Waals surface area contributed by atoms with Crippen LogP contribution in [0.3, 0.4) is 0 Å². The molecule has 5 nitrogen and oxygen atoms in total. The predicted octanol–water partition coefficient (Wildman–Crippen LogP) is 5.04. The molecule has 0 aliphatic carbocycles. The molecular weight excluding hydrogens is 440 g/mol. The van der Waals surface area contributed by atoms with Crippen molar-refractivity contribution in [3.05, 3.63) is 64.0 Å². The van der Waals surface area contributed by atoms with E-state index >= 15 is 0 Å². The van der Waals surface area contributed by atoms with Gasteiger partial charge in [0.25, 0.3) is 0 Å². The molecular formula is C22H23ClN2O3S2. The Morgan fingerprint density at radius 2 is 1.60 bits per heavy atom. The molecule has 0 saturated heterocycles. The van der Waals surface area contributed by atoms with Gasteiger partial charge in [-0.15, -0.1) is 11.3 Å². The Labute approximate surface area is 186 Å². The van der Waals surface area contributed by atoms with E-state index in [0.717, 1.165) is 27.1 Å². The highest BCUT2D eigenvalue weighted by atomic mass is 35.5. The van der Waals surface area contributed by atoms with Crippen molar-refractivity contribution < 1.29 is 13.2 Å². The van der Waals surface area contributed by atoms with Gasteiger partial charge in [0.15, 0.2) is 5.78 Å². The number of thiophene rings is 1. The van der Waals surface area contributed by atoms with Crippen LogP contribution in [0.15, 0.2) is 53.4 Å². The maximum atomic E-state index is 12.8. The number of benzene rings is 2. The van der Waals surface area contributed by atoms with E-state index in [4.69, 9.17) is 16.7 Å². The molecule has 0 aliphatic rings. The van der Waals surface area contributed by atoms with Crippen LogP contribution in [0.1, 0.15) is 28.6 Å². The molecule has 3 aromatic rings. The molecule has 30 heavy (non-hydrogen) atoms. The number of nitrogens with two attached hydrogens (primary N) is 1. The number of nitrogens with zero attached hydrogens (tertiary/aromatic N) is 1. The lowest BCUT2D eigenvalue weighted by molar-refractivity contribution is 0.0992. The summed E-state index contributed by atoms with van der Waals surface area (Å²) in [7, 11) is 0.153. The van der Waals surface area contributed by atoms with Gasteiger partial charge in [-0.25, -0.2) is 13.6 Å². The zero-order valence-electron chi connectivity index (χ0n) is 17.0. The second kappa shape index (κ2) is 8.99. The third-order valence-electron chi connectivity index (χ3n) is 4.63. The van der Waals surface area contributed by atoms with Gasteiger partial charge < -0.3 is 4.90 Å². The molecule has 1 aromatic heterocycles. The van der Waals surface area contributed by atoms with E-state index in [-0.39, 0.29) is 10.7 Å². The van der Waals surface area contributed by atoms with Gasteiger partial charge in [0, 0.05) is 28.4 Å². The number of hydrogen-bond donors (Lipinski definition) is 1. The van der Waals surface area contributed by atoms with Crippen molar-refractivity contribution in [3.63, 3.8) is 0 Å². The summed E-state index contributed by atoms with van der Waals surface area (Å²) in [5.41, 5.74) is 3.63. The van der Waals surface area contributed by atoms with Crippen molar-refractivity contribution in [1.29, 1.82) is 0 Å². The largest absolute Gasteiger partial charge is 0.305 e. The number of Topliss-reactive ketones (excluding diaryl/α,β-unsaturated/α-hetero) is 1. The highest BCUT2D eigenvalue weighted by Crippen LogP contribution is 2.43. The summed E-state index contributed by atoms with van der Waals surface area (Å²) < 4.78 is 23.3. The third-order valence-corrected chi connectivity index (χ3v) is 7.14. The molecule has 0 atom stereocenters. The van der Waals surface area contributed by atoms with Crippen LogP contribution in [0.5, 0.6) is 0 Å². The Morgan fingerprint density at radius 1 is 1.03 bits per heavy atom. The van der Waals surface area contributed by atoms with Crippen LogP contribution in [-0.2, 0) is 16.6 Å². The molecule has 0 unspecified atom stereocenters. The summed E-state index contributed by atoms with van der Waals surface area (Å²) in [6.07, 6.45) is 0.379. The van der Waals surface area contributed by atoms with E-state index in [1.165, 1.54) is 23.5 Å². The van der Waals surface area contributed by atoms with Crippen molar-refractivity contribution in [2.75, 3.05) is 14.1 Å². The second-order valence-electron chi connectivity index (χ2n) is 7.20. The maximum absolute atomic E-state index is 12.8. The van der Waals surface area contributed by atoms with Gasteiger partial charge in [-0.3, -0.25) is 4.79 Å². The van der Waals surface area contributed by atoms with E-state index in [2.05, 4.69) is 0 Å². The second-order valence-corrected chi connectivity index (χ2v) is 10.2. The molecule has 0 amide bonds. The fourth-order valence-corrected chi connectivity index (χ4v) is 5.23. The lowest BCUT2D eigenvalue weighted by Gasteiger charge is -2.14. The van der Waals surface area contributed by atoms with Gasteiger partial charge >= 0.3 is 0 Å². The van der Waals surface area contributed by atoms with Gasteiger partial charge in [0.1, 0.15) is 0 Å². The van der Waals surface area contributed by atoms with E-state index in [1.807, 2.05) is 50.2 Å².